The monoisotopic (exact) mass is 138 g/mol. The molecule has 0 atom stereocenters. The lowest BCUT2D eigenvalue weighted by Crippen LogP contribution is -2.44. The van der Waals surface area contributed by atoms with E-state index < -0.39 is 0 Å². The van der Waals surface area contributed by atoms with Crippen molar-refractivity contribution in [2.75, 3.05) is 0 Å². The predicted octanol–water partition coefficient (Wildman–Crippen LogP) is 0.457. The van der Waals surface area contributed by atoms with E-state index >= 15 is 0 Å². The summed E-state index contributed by atoms with van der Waals surface area (Å²) in [7, 11) is 0. The van der Waals surface area contributed by atoms with E-state index in [4.69, 9.17) is 0 Å². The number of carbonyl (C=O) groups is 1. The van der Waals surface area contributed by atoms with Gasteiger partial charge in [0.25, 0.3) is 5.91 Å². The van der Waals surface area contributed by atoms with E-state index in [1.807, 2.05) is 6.92 Å². The molecule has 54 valence electrons. The molecule has 1 saturated carbocycles. The van der Waals surface area contributed by atoms with Crippen LogP contribution in [0.4, 0.5) is 0 Å². The Morgan fingerprint density at radius 1 is 1.60 bits per heavy atom. The van der Waals surface area contributed by atoms with E-state index in [1.165, 1.54) is 0 Å². The molecule has 1 aliphatic heterocycles. The second kappa shape index (κ2) is 1.59. The van der Waals surface area contributed by atoms with Gasteiger partial charge in [-0.15, -0.1) is 0 Å². The number of aliphatic imine (C=N–C) groups is 1. The molecule has 3 nitrogen and oxygen atoms in total. The maximum absolute atomic E-state index is 11.2. The van der Waals surface area contributed by atoms with Gasteiger partial charge in [0.15, 0.2) is 0 Å². The third-order valence-electron chi connectivity index (χ3n) is 2.28. The van der Waals surface area contributed by atoms with Gasteiger partial charge in [-0.1, -0.05) is 0 Å². The summed E-state index contributed by atoms with van der Waals surface area (Å²) in [6.45, 7) is 1.84. The Kier molecular flexibility index (Phi) is 0.938. The summed E-state index contributed by atoms with van der Waals surface area (Å²) < 4.78 is 0. The molecular weight excluding hydrogens is 128 g/mol. The number of hydrogen-bond acceptors (Lipinski definition) is 2. The quantitative estimate of drug-likeness (QED) is 0.519. The highest BCUT2D eigenvalue weighted by Gasteiger charge is 2.47. The van der Waals surface area contributed by atoms with Crippen molar-refractivity contribution in [1.82, 2.24) is 5.32 Å². The molecule has 0 radical (unpaired) electrons. The zero-order chi connectivity index (χ0) is 7.19. The molecule has 2 aliphatic rings. The SMILES string of the molecule is CC1=NC2(CCC2)C(=O)N1. The molecule has 2 rings (SSSR count). The Labute approximate surface area is 59.5 Å². The summed E-state index contributed by atoms with van der Waals surface area (Å²) >= 11 is 0. The van der Waals surface area contributed by atoms with E-state index in [0.717, 1.165) is 25.1 Å². The lowest BCUT2D eigenvalue weighted by molar-refractivity contribution is -0.126. The van der Waals surface area contributed by atoms with Crippen molar-refractivity contribution in [3.05, 3.63) is 0 Å². The standard InChI is InChI=1S/C7H10N2O/c1-5-8-6(10)7(9-5)3-2-4-7/h2-4H2,1H3,(H,8,9,10). The normalized spacial score (nSPS) is 27.7. The van der Waals surface area contributed by atoms with Crippen LogP contribution in [0.15, 0.2) is 4.99 Å². The Bertz CT molecular complexity index is 216. The fourth-order valence-corrected chi connectivity index (χ4v) is 1.53. The van der Waals surface area contributed by atoms with Crippen LogP contribution in [-0.4, -0.2) is 17.3 Å². The van der Waals surface area contributed by atoms with Gasteiger partial charge in [-0.05, 0) is 26.2 Å². The molecule has 0 aromatic rings. The summed E-state index contributed by atoms with van der Waals surface area (Å²) in [5.41, 5.74) is -0.315. The largest absolute Gasteiger partial charge is 0.313 e. The first kappa shape index (κ1) is 5.89. The molecule has 0 aromatic carbocycles. The number of rotatable bonds is 0. The van der Waals surface area contributed by atoms with E-state index in [0.29, 0.717) is 0 Å². The average molecular weight is 138 g/mol. The minimum absolute atomic E-state index is 0.108. The maximum atomic E-state index is 11.2. The highest BCUT2D eigenvalue weighted by atomic mass is 16.2. The van der Waals surface area contributed by atoms with Crippen LogP contribution < -0.4 is 5.32 Å². The molecule has 1 aliphatic carbocycles. The van der Waals surface area contributed by atoms with Gasteiger partial charge in [0.05, 0.1) is 0 Å². The van der Waals surface area contributed by atoms with Crippen molar-refractivity contribution < 1.29 is 4.79 Å². The van der Waals surface area contributed by atoms with Gasteiger partial charge in [0.2, 0.25) is 0 Å². The van der Waals surface area contributed by atoms with Crippen molar-refractivity contribution in [2.24, 2.45) is 4.99 Å². The fraction of sp³-hybridized carbons (Fsp3) is 0.714. The second-order valence-electron chi connectivity index (χ2n) is 3.04. The number of hydrogen-bond donors (Lipinski definition) is 1. The van der Waals surface area contributed by atoms with Crippen LogP contribution in [0.5, 0.6) is 0 Å². The van der Waals surface area contributed by atoms with Crippen LogP contribution in [0.1, 0.15) is 26.2 Å². The van der Waals surface area contributed by atoms with Crippen LogP contribution in [-0.2, 0) is 4.79 Å². The molecule has 0 bridgehead atoms. The Hall–Kier alpha value is -0.860. The van der Waals surface area contributed by atoms with Gasteiger partial charge in [-0.25, -0.2) is 0 Å². The average Bonchev–Trinajstić information content (AvgIpc) is 2.04. The summed E-state index contributed by atoms with van der Waals surface area (Å²) in [5.74, 6) is 0.890. The van der Waals surface area contributed by atoms with Crippen LogP contribution in [0, 0.1) is 0 Å². The number of nitrogens with zero attached hydrogens (tertiary/aromatic N) is 1. The summed E-state index contributed by atoms with van der Waals surface area (Å²) in [6.07, 6.45) is 3.02. The minimum atomic E-state index is -0.315. The molecule has 0 aromatic heterocycles. The number of nitrogens with one attached hydrogen (secondary N) is 1. The van der Waals surface area contributed by atoms with Crippen LogP contribution >= 0.6 is 0 Å². The Morgan fingerprint density at radius 2 is 2.30 bits per heavy atom. The zero-order valence-corrected chi connectivity index (χ0v) is 5.98. The lowest BCUT2D eigenvalue weighted by atomic mass is 9.77. The van der Waals surface area contributed by atoms with Gasteiger partial charge in [0.1, 0.15) is 11.4 Å². The fourth-order valence-electron chi connectivity index (χ4n) is 1.53. The highest BCUT2D eigenvalue weighted by Crippen LogP contribution is 2.37. The van der Waals surface area contributed by atoms with Gasteiger partial charge >= 0.3 is 0 Å². The van der Waals surface area contributed by atoms with Crippen molar-refractivity contribution >= 4 is 11.7 Å². The first-order chi connectivity index (χ1) is 4.73. The molecular formula is C7H10N2O. The van der Waals surface area contributed by atoms with E-state index in [1.54, 1.807) is 0 Å². The molecule has 1 N–H and O–H groups in total. The van der Waals surface area contributed by atoms with Crippen molar-refractivity contribution in [3.63, 3.8) is 0 Å². The summed E-state index contributed by atoms with van der Waals surface area (Å²) in [4.78, 5) is 15.4. The minimum Gasteiger partial charge on any atom is -0.313 e. The molecule has 1 heterocycles. The Balaban J connectivity index is 2.29. The number of amidine groups is 1. The van der Waals surface area contributed by atoms with Crippen molar-refractivity contribution in [2.45, 2.75) is 31.7 Å². The second-order valence-corrected chi connectivity index (χ2v) is 3.04. The van der Waals surface area contributed by atoms with Gasteiger partial charge in [-0.3, -0.25) is 9.79 Å². The topological polar surface area (TPSA) is 41.5 Å². The molecule has 1 amide bonds. The van der Waals surface area contributed by atoms with Crippen LogP contribution in [0.25, 0.3) is 0 Å². The third kappa shape index (κ3) is 0.549. The van der Waals surface area contributed by atoms with Crippen molar-refractivity contribution in [3.8, 4) is 0 Å². The molecule has 10 heavy (non-hydrogen) atoms. The molecule has 0 unspecified atom stereocenters. The predicted molar refractivity (Wildman–Crippen MR) is 37.8 cm³/mol. The maximum Gasteiger partial charge on any atom is 0.253 e. The zero-order valence-electron chi connectivity index (χ0n) is 5.98. The van der Waals surface area contributed by atoms with Gasteiger partial charge < -0.3 is 5.32 Å². The summed E-state index contributed by atoms with van der Waals surface area (Å²) in [5, 5.41) is 2.72. The smallest absolute Gasteiger partial charge is 0.253 e. The van der Waals surface area contributed by atoms with E-state index in [9.17, 15) is 4.79 Å². The number of carbonyl (C=O) groups excluding carboxylic acids is 1. The van der Waals surface area contributed by atoms with Crippen LogP contribution in [0.2, 0.25) is 0 Å². The molecule has 0 saturated heterocycles. The van der Waals surface area contributed by atoms with E-state index in [2.05, 4.69) is 10.3 Å². The number of amides is 1. The van der Waals surface area contributed by atoms with Gasteiger partial charge in [0, 0.05) is 0 Å². The molecule has 3 heteroatoms. The lowest BCUT2D eigenvalue weighted by Gasteiger charge is -2.31. The first-order valence-corrected chi connectivity index (χ1v) is 3.61. The summed E-state index contributed by atoms with van der Waals surface area (Å²) in [6, 6.07) is 0. The van der Waals surface area contributed by atoms with Crippen molar-refractivity contribution in [1.29, 1.82) is 0 Å². The molecule has 1 fully saturated rings. The van der Waals surface area contributed by atoms with E-state index in [-0.39, 0.29) is 11.4 Å². The third-order valence-corrected chi connectivity index (χ3v) is 2.28. The molecule has 1 spiro atoms. The highest BCUT2D eigenvalue weighted by molar-refractivity contribution is 6.07. The Morgan fingerprint density at radius 3 is 2.50 bits per heavy atom. The van der Waals surface area contributed by atoms with Crippen LogP contribution in [0.3, 0.4) is 0 Å². The van der Waals surface area contributed by atoms with Gasteiger partial charge in [-0.2, -0.15) is 0 Å². The first-order valence-electron chi connectivity index (χ1n) is 3.61.